The molecule has 0 unspecified atom stereocenters. The number of anilines is 2. The van der Waals surface area contributed by atoms with Crippen molar-refractivity contribution in [3.05, 3.63) is 30.0 Å². The number of hydrogen-bond donors (Lipinski definition) is 2. The first-order valence-corrected chi connectivity index (χ1v) is 5.73. The molecule has 0 atom stereocenters. The lowest BCUT2D eigenvalue weighted by Crippen LogP contribution is -2.03. The first-order valence-electron chi connectivity index (χ1n) is 5.73. The summed E-state index contributed by atoms with van der Waals surface area (Å²) in [6.45, 7) is 2.34. The molecular formula is C12H14N4O3. The van der Waals surface area contributed by atoms with Crippen LogP contribution in [0.3, 0.4) is 0 Å². The van der Waals surface area contributed by atoms with Crippen LogP contribution in [0.5, 0.6) is 5.75 Å². The van der Waals surface area contributed by atoms with Gasteiger partial charge in [0.25, 0.3) is 0 Å². The van der Waals surface area contributed by atoms with Crippen molar-refractivity contribution >= 4 is 17.5 Å². The summed E-state index contributed by atoms with van der Waals surface area (Å²) in [6, 6.07) is 7.09. The van der Waals surface area contributed by atoms with Crippen LogP contribution in [0.15, 0.2) is 24.3 Å². The maximum atomic E-state index is 11.1. The molecule has 0 aliphatic rings. The second-order valence-corrected chi connectivity index (χ2v) is 3.74. The third-order valence-corrected chi connectivity index (χ3v) is 2.49. The van der Waals surface area contributed by atoms with Crippen LogP contribution in [-0.4, -0.2) is 33.2 Å². The molecule has 2 rings (SSSR count). The molecule has 0 spiro atoms. The first-order chi connectivity index (χ1) is 9.13. The van der Waals surface area contributed by atoms with E-state index in [2.05, 4.69) is 15.5 Å². The van der Waals surface area contributed by atoms with E-state index in [0.717, 1.165) is 5.75 Å². The summed E-state index contributed by atoms with van der Waals surface area (Å²) in [5.41, 5.74) is 0.615. The van der Waals surface area contributed by atoms with Gasteiger partial charge in [0.15, 0.2) is 5.82 Å². The SMILES string of the molecule is CCn1nc(Nc2ccc(OC)cc2)c(C(=O)O)n1. The molecule has 7 nitrogen and oxygen atoms in total. The van der Waals surface area contributed by atoms with Crippen LogP contribution in [0.4, 0.5) is 11.5 Å². The molecule has 0 amide bonds. The van der Waals surface area contributed by atoms with E-state index in [0.29, 0.717) is 12.2 Å². The van der Waals surface area contributed by atoms with Gasteiger partial charge in [-0.25, -0.2) is 4.79 Å². The average molecular weight is 262 g/mol. The van der Waals surface area contributed by atoms with Crippen molar-refractivity contribution in [1.82, 2.24) is 15.0 Å². The summed E-state index contributed by atoms with van der Waals surface area (Å²) in [4.78, 5) is 12.4. The largest absolute Gasteiger partial charge is 0.497 e. The van der Waals surface area contributed by atoms with E-state index in [9.17, 15) is 4.79 Å². The Morgan fingerprint density at radius 3 is 2.58 bits per heavy atom. The van der Waals surface area contributed by atoms with Crippen molar-refractivity contribution in [1.29, 1.82) is 0 Å². The van der Waals surface area contributed by atoms with Gasteiger partial charge in [0.1, 0.15) is 5.75 Å². The van der Waals surface area contributed by atoms with Gasteiger partial charge in [-0.15, -0.1) is 10.2 Å². The molecule has 7 heteroatoms. The highest BCUT2D eigenvalue weighted by atomic mass is 16.5. The molecule has 2 N–H and O–H groups in total. The number of carboxylic acids is 1. The van der Waals surface area contributed by atoms with Gasteiger partial charge >= 0.3 is 5.97 Å². The summed E-state index contributed by atoms with van der Waals surface area (Å²) in [7, 11) is 1.58. The lowest BCUT2D eigenvalue weighted by Gasteiger charge is -2.04. The first kappa shape index (κ1) is 12.9. The number of carbonyl (C=O) groups is 1. The summed E-state index contributed by atoms with van der Waals surface area (Å²) in [5, 5.41) is 19.9. The zero-order chi connectivity index (χ0) is 13.8. The zero-order valence-electron chi connectivity index (χ0n) is 10.6. The number of rotatable bonds is 5. The van der Waals surface area contributed by atoms with E-state index in [-0.39, 0.29) is 11.5 Å². The van der Waals surface area contributed by atoms with E-state index in [4.69, 9.17) is 9.84 Å². The molecule has 0 fully saturated rings. The van der Waals surface area contributed by atoms with Crippen molar-refractivity contribution < 1.29 is 14.6 Å². The fourth-order valence-corrected chi connectivity index (χ4v) is 1.53. The number of nitrogens with zero attached hydrogens (tertiary/aromatic N) is 3. The minimum Gasteiger partial charge on any atom is -0.497 e. The molecular weight excluding hydrogens is 248 g/mol. The molecule has 100 valence electrons. The monoisotopic (exact) mass is 262 g/mol. The number of benzene rings is 1. The Morgan fingerprint density at radius 2 is 2.05 bits per heavy atom. The van der Waals surface area contributed by atoms with Crippen LogP contribution < -0.4 is 10.1 Å². The van der Waals surface area contributed by atoms with E-state index < -0.39 is 5.97 Å². The number of ether oxygens (including phenoxy) is 1. The summed E-state index contributed by atoms with van der Waals surface area (Å²) < 4.78 is 5.05. The molecule has 0 aliphatic heterocycles. The van der Waals surface area contributed by atoms with Crippen molar-refractivity contribution in [2.45, 2.75) is 13.5 Å². The standard InChI is InChI=1S/C12H14N4O3/c1-3-16-14-10(12(17)18)11(15-16)13-8-4-6-9(19-2)7-5-8/h4-7H,3H2,1-2H3,(H,13,15)(H,17,18). The summed E-state index contributed by atoms with van der Waals surface area (Å²) >= 11 is 0. The van der Waals surface area contributed by atoms with Crippen molar-refractivity contribution in [2.75, 3.05) is 12.4 Å². The van der Waals surface area contributed by atoms with Gasteiger partial charge in [-0.05, 0) is 31.2 Å². The Bertz CT molecular complexity index is 577. The highest BCUT2D eigenvalue weighted by Crippen LogP contribution is 2.20. The molecule has 1 aromatic carbocycles. The van der Waals surface area contributed by atoms with E-state index in [1.54, 1.807) is 31.4 Å². The van der Waals surface area contributed by atoms with Gasteiger partial charge in [-0.1, -0.05) is 0 Å². The van der Waals surface area contributed by atoms with Crippen LogP contribution in [0.2, 0.25) is 0 Å². The molecule has 19 heavy (non-hydrogen) atoms. The molecule has 0 radical (unpaired) electrons. The molecule has 0 saturated heterocycles. The predicted molar refractivity (Wildman–Crippen MR) is 68.9 cm³/mol. The number of hydrogen-bond acceptors (Lipinski definition) is 5. The van der Waals surface area contributed by atoms with Crippen LogP contribution >= 0.6 is 0 Å². The highest BCUT2D eigenvalue weighted by molar-refractivity contribution is 5.91. The van der Waals surface area contributed by atoms with Crippen molar-refractivity contribution in [3.63, 3.8) is 0 Å². The number of aryl methyl sites for hydroxylation is 1. The second kappa shape index (κ2) is 5.38. The van der Waals surface area contributed by atoms with Crippen LogP contribution in [0.25, 0.3) is 0 Å². The number of aromatic carboxylic acids is 1. The Morgan fingerprint density at radius 1 is 1.37 bits per heavy atom. The molecule has 0 bridgehead atoms. The molecule has 2 aromatic rings. The van der Waals surface area contributed by atoms with Crippen LogP contribution in [0, 0.1) is 0 Å². The summed E-state index contributed by atoms with van der Waals surface area (Å²) in [5.74, 6) is -0.170. The molecule has 1 aromatic heterocycles. The van der Waals surface area contributed by atoms with Gasteiger partial charge in [0.2, 0.25) is 5.69 Å². The molecule has 1 heterocycles. The van der Waals surface area contributed by atoms with E-state index in [1.807, 2.05) is 6.92 Å². The van der Waals surface area contributed by atoms with Crippen molar-refractivity contribution in [2.24, 2.45) is 0 Å². The van der Waals surface area contributed by atoms with Gasteiger partial charge in [-0.2, -0.15) is 4.80 Å². The Kier molecular flexibility index (Phi) is 3.65. The maximum Gasteiger partial charge on any atom is 0.360 e. The van der Waals surface area contributed by atoms with Crippen LogP contribution in [0.1, 0.15) is 17.4 Å². The quantitative estimate of drug-likeness (QED) is 0.853. The third kappa shape index (κ3) is 2.82. The van der Waals surface area contributed by atoms with Gasteiger partial charge in [0, 0.05) is 5.69 Å². The number of methoxy groups -OCH3 is 1. The third-order valence-electron chi connectivity index (χ3n) is 2.49. The highest BCUT2D eigenvalue weighted by Gasteiger charge is 2.17. The lowest BCUT2D eigenvalue weighted by atomic mass is 10.3. The molecule has 0 saturated carbocycles. The minimum absolute atomic E-state index is 0.0994. The van der Waals surface area contributed by atoms with E-state index in [1.165, 1.54) is 4.80 Å². The topological polar surface area (TPSA) is 89.3 Å². The summed E-state index contributed by atoms with van der Waals surface area (Å²) in [6.07, 6.45) is 0. The van der Waals surface area contributed by atoms with Gasteiger partial charge in [-0.3, -0.25) is 0 Å². The van der Waals surface area contributed by atoms with Gasteiger partial charge in [0.05, 0.1) is 13.7 Å². The number of nitrogens with one attached hydrogen (secondary N) is 1. The normalized spacial score (nSPS) is 10.2. The predicted octanol–water partition coefficient (Wildman–Crippen LogP) is 1.75. The average Bonchev–Trinajstić information content (AvgIpc) is 2.83. The van der Waals surface area contributed by atoms with E-state index >= 15 is 0 Å². The second-order valence-electron chi connectivity index (χ2n) is 3.74. The van der Waals surface area contributed by atoms with Crippen molar-refractivity contribution in [3.8, 4) is 5.75 Å². The fourth-order valence-electron chi connectivity index (χ4n) is 1.53. The lowest BCUT2D eigenvalue weighted by molar-refractivity contribution is 0.0690. The fraction of sp³-hybridized carbons (Fsp3) is 0.250. The Labute approximate surface area is 109 Å². The maximum absolute atomic E-state index is 11.1. The number of carboxylic acid groups (broad SMARTS) is 1. The minimum atomic E-state index is -1.12. The van der Waals surface area contributed by atoms with Gasteiger partial charge < -0.3 is 15.2 Å². The smallest absolute Gasteiger partial charge is 0.360 e. The Hall–Kier alpha value is -2.57. The van der Waals surface area contributed by atoms with Crippen LogP contribution in [-0.2, 0) is 6.54 Å². The number of aromatic nitrogens is 3. The molecule has 0 aliphatic carbocycles. The zero-order valence-corrected chi connectivity index (χ0v) is 10.6. The Balaban J connectivity index is 2.26.